The number of benzene rings is 1. The van der Waals surface area contributed by atoms with Gasteiger partial charge in [-0.25, -0.2) is 4.98 Å². The lowest BCUT2D eigenvalue weighted by molar-refractivity contribution is -0.384. The SMILES string of the molecule is CC(Sc1ccc([N+](=O)[O-])cc1)C(=O)Nc1ccccn1. The van der Waals surface area contributed by atoms with Gasteiger partial charge in [0.1, 0.15) is 5.82 Å². The summed E-state index contributed by atoms with van der Waals surface area (Å²) >= 11 is 1.33. The van der Waals surface area contributed by atoms with E-state index in [1.165, 1.54) is 23.9 Å². The molecule has 1 aromatic heterocycles. The smallest absolute Gasteiger partial charge is 0.269 e. The van der Waals surface area contributed by atoms with Crippen molar-refractivity contribution in [2.45, 2.75) is 17.1 Å². The highest BCUT2D eigenvalue weighted by atomic mass is 32.2. The molecule has 0 aliphatic rings. The largest absolute Gasteiger partial charge is 0.310 e. The van der Waals surface area contributed by atoms with Crippen LogP contribution < -0.4 is 5.32 Å². The van der Waals surface area contributed by atoms with Crippen LogP contribution in [0.5, 0.6) is 0 Å². The van der Waals surface area contributed by atoms with Gasteiger partial charge < -0.3 is 5.32 Å². The lowest BCUT2D eigenvalue weighted by atomic mass is 10.3. The lowest BCUT2D eigenvalue weighted by Crippen LogP contribution is -2.22. The summed E-state index contributed by atoms with van der Waals surface area (Å²) < 4.78 is 0. The Morgan fingerprint density at radius 3 is 2.57 bits per heavy atom. The first-order valence-corrected chi connectivity index (χ1v) is 7.07. The first-order valence-electron chi connectivity index (χ1n) is 6.19. The van der Waals surface area contributed by atoms with E-state index in [2.05, 4.69) is 10.3 Å². The number of rotatable bonds is 5. The van der Waals surface area contributed by atoms with Crippen LogP contribution in [0.1, 0.15) is 6.92 Å². The van der Waals surface area contributed by atoms with E-state index in [0.717, 1.165) is 4.90 Å². The van der Waals surface area contributed by atoms with E-state index in [0.29, 0.717) is 5.82 Å². The number of nitrogens with zero attached hydrogens (tertiary/aromatic N) is 2. The van der Waals surface area contributed by atoms with Crippen molar-refractivity contribution in [1.29, 1.82) is 0 Å². The van der Waals surface area contributed by atoms with Crippen molar-refractivity contribution in [2.75, 3.05) is 5.32 Å². The third kappa shape index (κ3) is 4.28. The molecule has 2 rings (SSSR count). The van der Waals surface area contributed by atoms with Crippen LogP contribution in [0, 0.1) is 10.1 Å². The first kappa shape index (κ1) is 15.0. The molecule has 0 spiro atoms. The Balaban J connectivity index is 1.95. The normalized spacial score (nSPS) is 11.7. The monoisotopic (exact) mass is 303 g/mol. The molecule has 1 unspecified atom stereocenters. The summed E-state index contributed by atoms with van der Waals surface area (Å²) in [5.41, 5.74) is 0.0324. The van der Waals surface area contributed by atoms with E-state index in [4.69, 9.17) is 0 Å². The molecule has 2 aromatic rings. The summed E-state index contributed by atoms with van der Waals surface area (Å²) in [6.07, 6.45) is 1.60. The zero-order chi connectivity index (χ0) is 15.2. The second-order valence-corrected chi connectivity index (χ2v) is 5.63. The van der Waals surface area contributed by atoms with Gasteiger partial charge in [-0.2, -0.15) is 0 Å². The Labute approximate surface area is 125 Å². The number of hydrogen-bond donors (Lipinski definition) is 1. The van der Waals surface area contributed by atoms with Crippen LogP contribution in [-0.4, -0.2) is 21.1 Å². The molecular weight excluding hydrogens is 290 g/mol. The van der Waals surface area contributed by atoms with Crippen molar-refractivity contribution in [3.8, 4) is 0 Å². The number of carbonyl (C=O) groups is 1. The number of aromatic nitrogens is 1. The van der Waals surface area contributed by atoms with Gasteiger partial charge in [0.2, 0.25) is 5.91 Å². The van der Waals surface area contributed by atoms with Gasteiger partial charge in [-0.3, -0.25) is 14.9 Å². The van der Waals surface area contributed by atoms with Gasteiger partial charge in [-0.15, -0.1) is 11.8 Å². The minimum absolute atomic E-state index is 0.0324. The topological polar surface area (TPSA) is 85.1 Å². The molecule has 0 saturated heterocycles. The lowest BCUT2D eigenvalue weighted by Gasteiger charge is -2.11. The minimum Gasteiger partial charge on any atom is -0.310 e. The van der Waals surface area contributed by atoms with Gasteiger partial charge in [-0.1, -0.05) is 6.07 Å². The molecule has 1 aromatic carbocycles. The quantitative estimate of drug-likeness (QED) is 0.521. The molecule has 7 heteroatoms. The maximum Gasteiger partial charge on any atom is 0.269 e. The molecule has 0 radical (unpaired) electrons. The molecule has 1 N–H and O–H groups in total. The third-order valence-corrected chi connectivity index (χ3v) is 3.76. The maximum absolute atomic E-state index is 12.0. The number of carbonyl (C=O) groups excluding carboxylic acids is 1. The number of thioether (sulfide) groups is 1. The molecular formula is C14H13N3O3S. The van der Waals surface area contributed by atoms with Crippen molar-refractivity contribution in [3.63, 3.8) is 0 Å². The highest BCUT2D eigenvalue weighted by Crippen LogP contribution is 2.25. The van der Waals surface area contributed by atoms with Crippen molar-refractivity contribution >= 4 is 29.2 Å². The van der Waals surface area contributed by atoms with E-state index >= 15 is 0 Å². The van der Waals surface area contributed by atoms with Crippen LogP contribution in [-0.2, 0) is 4.79 Å². The van der Waals surface area contributed by atoms with E-state index in [1.807, 2.05) is 0 Å². The zero-order valence-corrected chi connectivity index (χ0v) is 12.0. The number of nitro benzene ring substituents is 1. The molecule has 0 saturated carbocycles. The average molecular weight is 303 g/mol. The Hall–Kier alpha value is -2.41. The van der Waals surface area contributed by atoms with Gasteiger partial charge in [0.25, 0.3) is 5.69 Å². The number of amides is 1. The number of anilines is 1. The van der Waals surface area contributed by atoms with Gasteiger partial charge in [0.15, 0.2) is 0 Å². The van der Waals surface area contributed by atoms with Crippen LogP contribution in [0.15, 0.2) is 53.6 Å². The van der Waals surface area contributed by atoms with Crippen molar-refractivity contribution in [1.82, 2.24) is 4.98 Å². The Morgan fingerprint density at radius 2 is 2.00 bits per heavy atom. The fourth-order valence-electron chi connectivity index (χ4n) is 1.57. The second-order valence-electron chi connectivity index (χ2n) is 4.22. The van der Waals surface area contributed by atoms with Gasteiger partial charge in [-0.05, 0) is 31.2 Å². The average Bonchev–Trinajstić information content (AvgIpc) is 2.48. The minimum atomic E-state index is -0.453. The molecule has 0 aliphatic carbocycles. The van der Waals surface area contributed by atoms with Crippen LogP contribution >= 0.6 is 11.8 Å². The molecule has 0 fully saturated rings. The van der Waals surface area contributed by atoms with E-state index in [9.17, 15) is 14.9 Å². The summed E-state index contributed by atoms with van der Waals surface area (Å²) in [4.78, 5) is 27.0. The van der Waals surface area contributed by atoms with Crippen LogP contribution in [0.25, 0.3) is 0 Å². The summed E-state index contributed by atoms with van der Waals surface area (Å²) in [6.45, 7) is 1.77. The zero-order valence-electron chi connectivity index (χ0n) is 11.2. The predicted octanol–water partition coefficient (Wildman–Crippen LogP) is 3.11. The van der Waals surface area contributed by atoms with Crippen molar-refractivity contribution < 1.29 is 9.72 Å². The highest BCUT2D eigenvalue weighted by molar-refractivity contribution is 8.00. The summed E-state index contributed by atoms with van der Waals surface area (Å²) in [5.74, 6) is 0.329. The Morgan fingerprint density at radius 1 is 1.29 bits per heavy atom. The van der Waals surface area contributed by atoms with Crippen LogP contribution in [0.2, 0.25) is 0 Å². The highest BCUT2D eigenvalue weighted by Gasteiger charge is 2.15. The summed E-state index contributed by atoms with van der Waals surface area (Å²) in [7, 11) is 0. The molecule has 6 nitrogen and oxygen atoms in total. The number of non-ortho nitro benzene ring substituents is 1. The molecule has 1 atom stereocenters. The van der Waals surface area contributed by atoms with Gasteiger partial charge in [0.05, 0.1) is 10.2 Å². The number of nitro groups is 1. The first-order chi connectivity index (χ1) is 10.1. The molecule has 21 heavy (non-hydrogen) atoms. The molecule has 0 aliphatic heterocycles. The number of pyridine rings is 1. The molecule has 1 amide bonds. The third-order valence-electron chi connectivity index (χ3n) is 2.65. The van der Waals surface area contributed by atoms with Crippen molar-refractivity contribution in [2.24, 2.45) is 0 Å². The Kier molecular flexibility index (Phi) is 4.89. The van der Waals surface area contributed by atoms with E-state index in [1.54, 1.807) is 43.5 Å². The Bertz CT molecular complexity index is 632. The van der Waals surface area contributed by atoms with E-state index < -0.39 is 4.92 Å². The molecule has 0 bridgehead atoms. The van der Waals surface area contributed by atoms with Crippen LogP contribution in [0.4, 0.5) is 11.5 Å². The molecule has 1 heterocycles. The van der Waals surface area contributed by atoms with E-state index in [-0.39, 0.29) is 16.8 Å². The number of nitrogens with one attached hydrogen (secondary N) is 1. The fraction of sp³-hybridized carbons (Fsp3) is 0.143. The fourth-order valence-corrected chi connectivity index (χ4v) is 2.44. The number of hydrogen-bond acceptors (Lipinski definition) is 5. The predicted molar refractivity (Wildman–Crippen MR) is 81.3 cm³/mol. The van der Waals surface area contributed by atoms with Crippen LogP contribution in [0.3, 0.4) is 0 Å². The maximum atomic E-state index is 12.0. The molecule has 108 valence electrons. The van der Waals surface area contributed by atoms with Gasteiger partial charge in [0, 0.05) is 23.2 Å². The standard InChI is InChI=1S/C14H13N3O3S/c1-10(14(18)16-13-4-2-3-9-15-13)21-12-7-5-11(6-8-12)17(19)20/h2-10H,1H3,(H,15,16,18). The van der Waals surface area contributed by atoms with Gasteiger partial charge >= 0.3 is 0 Å². The summed E-state index contributed by atoms with van der Waals surface area (Å²) in [5, 5.41) is 12.9. The van der Waals surface area contributed by atoms with Crippen molar-refractivity contribution in [3.05, 3.63) is 58.8 Å². The second kappa shape index (κ2) is 6.85. The summed E-state index contributed by atoms with van der Waals surface area (Å²) in [6, 6.07) is 11.4.